The molecule has 34 heavy (non-hydrogen) atoms. The first kappa shape index (κ1) is 23.1. The number of carboxylic acid groups (broad SMARTS) is 1. The summed E-state index contributed by atoms with van der Waals surface area (Å²) >= 11 is 0. The number of ether oxygens (including phenoxy) is 1. The minimum Gasteiger partial charge on any atom is -0.491 e. The topological polar surface area (TPSA) is 122 Å². The fraction of sp³-hybridized carbons (Fsp3) is 0.318. The predicted molar refractivity (Wildman–Crippen MR) is 114 cm³/mol. The van der Waals surface area contributed by atoms with Gasteiger partial charge in [0.1, 0.15) is 24.0 Å². The number of aromatic nitrogens is 4. The summed E-state index contributed by atoms with van der Waals surface area (Å²) in [6, 6.07) is 9.34. The van der Waals surface area contributed by atoms with Gasteiger partial charge >= 0.3 is 6.09 Å². The maximum atomic E-state index is 14.7. The number of carbonyl (C=O) groups excluding carboxylic acids is 1. The van der Waals surface area contributed by atoms with Gasteiger partial charge in [-0.15, -0.1) is 10.2 Å². The molecular formula is C22H22F2N6O4. The Morgan fingerprint density at radius 2 is 2.00 bits per heavy atom. The average molecular weight is 472 g/mol. The lowest BCUT2D eigenvalue weighted by Gasteiger charge is -2.19. The monoisotopic (exact) mass is 472 g/mol. The Kier molecular flexibility index (Phi) is 6.95. The first-order valence-corrected chi connectivity index (χ1v) is 10.6. The zero-order chi connectivity index (χ0) is 24.1. The van der Waals surface area contributed by atoms with E-state index in [4.69, 9.17) is 9.84 Å². The average Bonchev–Trinajstić information content (AvgIpc) is 3.50. The van der Waals surface area contributed by atoms with E-state index in [2.05, 4.69) is 20.7 Å². The number of amides is 2. The van der Waals surface area contributed by atoms with E-state index in [1.807, 2.05) is 0 Å². The Morgan fingerprint density at radius 3 is 2.68 bits per heavy atom. The molecule has 12 heteroatoms. The number of rotatable bonds is 8. The molecule has 1 aliphatic heterocycles. The highest BCUT2D eigenvalue weighted by atomic mass is 19.1. The Bertz CT molecular complexity index is 1140. The Morgan fingerprint density at radius 1 is 1.21 bits per heavy atom. The molecule has 2 atom stereocenters. The molecule has 1 aromatic heterocycles. The lowest BCUT2D eigenvalue weighted by atomic mass is 9.98. The highest BCUT2D eigenvalue weighted by molar-refractivity contribution is 5.94. The quantitative estimate of drug-likeness (QED) is 0.516. The summed E-state index contributed by atoms with van der Waals surface area (Å²) in [6.07, 6.45) is 0.663. The van der Waals surface area contributed by atoms with Crippen LogP contribution in [0.4, 0.5) is 13.6 Å². The molecular weight excluding hydrogens is 450 g/mol. The van der Waals surface area contributed by atoms with Crippen LogP contribution < -0.4 is 10.1 Å². The summed E-state index contributed by atoms with van der Waals surface area (Å²) in [5, 5.41) is 22.3. The van der Waals surface area contributed by atoms with Crippen LogP contribution in [0, 0.1) is 11.6 Å². The van der Waals surface area contributed by atoms with Gasteiger partial charge in [-0.05, 0) is 41.5 Å². The van der Waals surface area contributed by atoms with Gasteiger partial charge in [0.25, 0.3) is 5.91 Å². The van der Waals surface area contributed by atoms with E-state index in [1.165, 1.54) is 35.4 Å². The minimum atomic E-state index is -1.26. The number of likely N-dealkylation sites (tertiary alicyclic amines) is 1. The van der Waals surface area contributed by atoms with Crippen LogP contribution in [-0.2, 0) is 6.54 Å². The van der Waals surface area contributed by atoms with Crippen molar-refractivity contribution in [1.29, 1.82) is 0 Å². The molecule has 2 aromatic carbocycles. The molecule has 2 amide bonds. The number of benzene rings is 2. The molecule has 0 spiro atoms. The van der Waals surface area contributed by atoms with Gasteiger partial charge in [0.2, 0.25) is 0 Å². The molecule has 1 saturated heterocycles. The van der Waals surface area contributed by atoms with Crippen molar-refractivity contribution in [2.75, 3.05) is 19.7 Å². The van der Waals surface area contributed by atoms with Crippen molar-refractivity contribution in [2.45, 2.75) is 24.9 Å². The number of hydrogen-bond acceptors (Lipinski definition) is 6. The molecule has 0 bridgehead atoms. The van der Waals surface area contributed by atoms with E-state index in [1.54, 1.807) is 17.0 Å². The molecule has 1 fully saturated rings. The van der Waals surface area contributed by atoms with E-state index in [9.17, 15) is 18.4 Å². The van der Waals surface area contributed by atoms with E-state index in [0.29, 0.717) is 19.5 Å². The Hall–Kier alpha value is -4.09. The second kappa shape index (κ2) is 10.2. The zero-order valence-corrected chi connectivity index (χ0v) is 18.0. The summed E-state index contributed by atoms with van der Waals surface area (Å²) in [7, 11) is 0. The Labute approximate surface area is 193 Å². The summed E-state index contributed by atoms with van der Waals surface area (Å²) < 4.78 is 33.4. The largest absolute Gasteiger partial charge is 0.491 e. The second-order valence-corrected chi connectivity index (χ2v) is 7.88. The van der Waals surface area contributed by atoms with E-state index >= 15 is 0 Å². The zero-order valence-electron chi connectivity index (χ0n) is 18.0. The van der Waals surface area contributed by atoms with Crippen molar-refractivity contribution in [3.05, 3.63) is 71.6 Å². The fourth-order valence-corrected chi connectivity index (χ4v) is 3.86. The normalized spacial score (nSPS) is 16.3. The third-order valence-electron chi connectivity index (χ3n) is 5.54. The first-order valence-electron chi connectivity index (χ1n) is 10.6. The lowest BCUT2D eigenvalue weighted by Crippen LogP contribution is -2.41. The molecule has 0 radical (unpaired) electrons. The summed E-state index contributed by atoms with van der Waals surface area (Å²) in [5.41, 5.74) is 0.852. The third kappa shape index (κ3) is 5.63. The maximum Gasteiger partial charge on any atom is 0.405 e. The van der Waals surface area contributed by atoms with Gasteiger partial charge in [-0.1, -0.05) is 12.1 Å². The number of nitrogens with zero attached hydrogens (tertiary/aromatic N) is 5. The third-order valence-corrected chi connectivity index (χ3v) is 5.54. The predicted octanol–water partition coefficient (Wildman–Crippen LogP) is 2.30. The van der Waals surface area contributed by atoms with Gasteiger partial charge < -0.3 is 20.1 Å². The van der Waals surface area contributed by atoms with Crippen LogP contribution in [0.25, 0.3) is 0 Å². The lowest BCUT2D eigenvalue weighted by molar-refractivity contribution is 0.0786. The number of carbonyl (C=O) groups is 2. The number of nitrogens with one attached hydrogen (secondary N) is 1. The Balaban J connectivity index is 1.37. The van der Waals surface area contributed by atoms with Crippen LogP contribution >= 0.6 is 0 Å². The van der Waals surface area contributed by atoms with E-state index in [0.717, 1.165) is 11.6 Å². The highest BCUT2D eigenvalue weighted by Crippen LogP contribution is 2.29. The van der Waals surface area contributed by atoms with Gasteiger partial charge in [0.15, 0.2) is 6.33 Å². The van der Waals surface area contributed by atoms with Gasteiger partial charge in [-0.2, -0.15) is 4.80 Å². The SMILES string of the molecule is O=C(O)NC(COc1ccc(C(=O)N2CC[C@H](c3ccc(F)cc3)C2)c(F)c1)Cn1ncnn1. The van der Waals surface area contributed by atoms with Crippen LogP contribution in [0.5, 0.6) is 5.75 Å². The molecule has 0 aliphatic carbocycles. The standard InChI is InChI=1S/C22H22F2N6O4/c23-16-3-1-14(2-4-16)15-7-8-29(10-15)21(31)19-6-5-18(9-20(19)24)34-12-17(27-22(32)33)11-30-26-13-25-28-30/h1-6,9,13,15,17,27H,7-8,10-12H2,(H,32,33)/t15-,17?/m0/s1. The van der Waals surface area contributed by atoms with Crippen molar-refractivity contribution in [3.8, 4) is 5.75 Å². The molecule has 1 unspecified atom stereocenters. The summed E-state index contributed by atoms with van der Waals surface area (Å²) in [4.78, 5) is 26.7. The molecule has 10 nitrogen and oxygen atoms in total. The maximum absolute atomic E-state index is 14.7. The number of hydrogen-bond donors (Lipinski definition) is 2. The molecule has 0 saturated carbocycles. The van der Waals surface area contributed by atoms with E-state index < -0.39 is 23.9 Å². The molecule has 2 heterocycles. The van der Waals surface area contributed by atoms with Crippen LogP contribution in [0.15, 0.2) is 48.8 Å². The smallest absolute Gasteiger partial charge is 0.405 e. The van der Waals surface area contributed by atoms with Crippen LogP contribution in [0.1, 0.15) is 28.3 Å². The molecule has 2 N–H and O–H groups in total. The van der Waals surface area contributed by atoms with Gasteiger partial charge in [0.05, 0.1) is 18.2 Å². The van der Waals surface area contributed by atoms with Crippen molar-refractivity contribution < 1.29 is 28.2 Å². The van der Waals surface area contributed by atoms with Crippen molar-refractivity contribution in [1.82, 2.24) is 30.4 Å². The molecule has 4 rings (SSSR count). The summed E-state index contributed by atoms with van der Waals surface area (Å²) in [6.45, 7) is 0.833. The van der Waals surface area contributed by atoms with Gasteiger partial charge in [-0.3, -0.25) is 4.79 Å². The molecule has 3 aromatic rings. The second-order valence-electron chi connectivity index (χ2n) is 7.88. The first-order chi connectivity index (χ1) is 16.4. The van der Waals surface area contributed by atoms with Gasteiger partial charge in [0, 0.05) is 25.1 Å². The van der Waals surface area contributed by atoms with Gasteiger partial charge in [-0.25, -0.2) is 13.6 Å². The van der Waals surface area contributed by atoms with Crippen molar-refractivity contribution in [2.24, 2.45) is 0 Å². The minimum absolute atomic E-state index is 0.0633. The van der Waals surface area contributed by atoms with Crippen molar-refractivity contribution in [3.63, 3.8) is 0 Å². The van der Waals surface area contributed by atoms with Crippen LogP contribution in [0.2, 0.25) is 0 Å². The number of tetrazole rings is 1. The highest BCUT2D eigenvalue weighted by Gasteiger charge is 2.29. The molecule has 178 valence electrons. The molecule has 1 aliphatic rings. The van der Waals surface area contributed by atoms with Crippen molar-refractivity contribution >= 4 is 12.0 Å². The van der Waals surface area contributed by atoms with E-state index in [-0.39, 0.29) is 36.2 Å². The van der Waals surface area contributed by atoms with Crippen LogP contribution in [-0.4, -0.2) is 68.0 Å². The number of halogens is 2. The van der Waals surface area contributed by atoms with Crippen LogP contribution in [0.3, 0.4) is 0 Å². The summed E-state index contributed by atoms with van der Waals surface area (Å²) in [5.74, 6) is -1.29. The fourth-order valence-electron chi connectivity index (χ4n) is 3.86.